The van der Waals surface area contributed by atoms with Gasteiger partial charge in [0.05, 0.1) is 38.5 Å². The molecule has 1 aromatic heterocycles. The third-order valence-electron chi connectivity index (χ3n) is 3.63. The first-order chi connectivity index (χ1) is 12.2. The molecule has 0 aliphatic heterocycles. The molecule has 0 fully saturated rings. The van der Waals surface area contributed by atoms with Gasteiger partial charge in [0.1, 0.15) is 22.6 Å². The van der Waals surface area contributed by atoms with E-state index in [2.05, 4.69) is 10.3 Å². The van der Waals surface area contributed by atoms with Crippen LogP contribution in [0, 0.1) is 0 Å². The molecule has 0 saturated carbocycles. The zero-order chi connectivity index (χ0) is 18.2. The number of ether oxygens (including phenoxy) is 4. The van der Waals surface area contributed by atoms with Crippen LogP contribution in [0.2, 0.25) is 0 Å². The third-order valence-corrected chi connectivity index (χ3v) is 3.63. The summed E-state index contributed by atoms with van der Waals surface area (Å²) < 4.78 is 21.4. The summed E-state index contributed by atoms with van der Waals surface area (Å²) in [5.74, 6) is 0.744. The fourth-order valence-corrected chi connectivity index (χ4v) is 2.53. The van der Waals surface area contributed by atoms with Crippen LogP contribution in [0.4, 0.5) is 5.69 Å². The number of benzene rings is 1. The van der Waals surface area contributed by atoms with Gasteiger partial charge in [0, 0.05) is 19.3 Å². The van der Waals surface area contributed by atoms with Gasteiger partial charge >= 0.3 is 5.97 Å². The number of pyridine rings is 1. The Balaban J connectivity index is 2.60. The summed E-state index contributed by atoms with van der Waals surface area (Å²) in [6.45, 7) is 5.64. The maximum absolute atomic E-state index is 12.3. The molecular formula is C18H24N2O5. The number of aromatic nitrogens is 1. The van der Waals surface area contributed by atoms with Crippen LogP contribution in [0.3, 0.4) is 0 Å². The van der Waals surface area contributed by atoms with Crippen LogP contribution in [-0.2, 0) is 9.47 Å². The number of esters is 1. The minimum absolute atomic E-state index is 0.282. The van der Waals surface area contributed by atoms with Crippen molar-refractivity contribution < 1.29 is 23.7 Å². The quantitative estimate of drug-likeness (QED) is 0.551. The molecule has 0 saturated heterocycles. The highest BCUT2D eigenvalue weighted by molar-refractivity contribution is 6.08. The molecule has 136 valence electrons. The molecular weight excluding hydrogens is 324 g/mol. The second-order valence-corrected chi connectivity index (χ2v) is 5.08. The number of methoxy groups -OCH3 is 2. The van der Waals surface area contributed by atoms with Gasteiger partial charge in [-0.1, -0.05) is 0 Å². The van der Waals surface area contributed by atoms with Gasteiger partial charge < -0.3 is 24.3 Å². The van der Waals surface area contributed by atoms with E-state index in [1.165, 1.54) is 6.20 Å². The summed E-state index contributed by atoms with van der Waals surface area (Å²) in [6, 6.07) is 3.56. The molecule has 1 heterocycles. The van der Waals surface area contributed by atoms with Crippen LogP contribution in [-0.4, -0.2) is 51.5 Å². The first-order valence-corrected chi connectivity index (χ1v) is 8.20. The van der Waals surface area contributed by atoms with Crippen molar-refractivity contribution in [3.63, 3.8) is 0 Å². The SMILES string of the molecule is CCOCCNc1c(C(=O)OCC)cnc2c(OC)ccc(OC)c12. The molecule has 1 N–H and O–H groups in total. The number of nitrogens with one attached hydrogen (secondary N) is 1. The van der Waals surface area contributed by atoms with Crippen LogP contribution in [0.25, 0.3) is 10.9 Å². The highest BCUT2D eigenvalue weighted by Gasteiger charge is 2.21. The fraction of sp³-hybridized carbons (Fsp3) is 0.444. The predicted octanol–water partition coefficient (Wildman–Crippen LogP) is 2.88. The summed E-state index contributed by atoms with van der Waals surface area (Å²) in [7, 11) is 3.15. The van der Waals surface area contributed by atoms with Crippen molar-refractivity contribution in [2.75, 3.05) is 45.9 Å². The highest BCUT2D eigenvalue weighted by atomic mass is 16.5. The lowest BCUT2D eigenvalue weighted by molar-refractivity contribution is 0.0527. The summed E-state index contributed by atoms with van der Waals surface area (Å²) in [5.41, 5.74) is 1.55. The Bertz CT molecular complexity index is 733. The molecule has 2 aromatic rings. The fourth-order valence-electron chi connectivity index (χ4n) is 2.53. The third kappa shape index (κ3) is 4.11. The largest absolute Gasteiger partial charge is 0.496 e. The highest BCUT2D eigenvalue weighted by Crippen LogP contribution is 2.38. The van der Waals surface area contributed by atoms with Crippen molar-refractivity contribution in [2.45, 2.75) is 13.8 Å². The van der Waals surface area contributed by atoms with E-state index in [9.17, 15) is 4.79 Å². The number of carbonyl (C=O) groups is 1. The Morgan fingerprint density at radius 1 is 1.12 bits per heavy atom. The molecule has 7 nitrogen and oxygen atoms in total. The van der Waals surface area contributed by atoms with Gasteiger partial charge in [-0.25, -0.2) is 4.79 Å². The Kier molecular flexibility index (Phi) is 6.82. The number of anilines is 1. The van der Waals surface area contributed by atoms with Gasteiger partial charge in [0.25, 0.3) is 0 Å². The van der Waals surface area contributed by atoms with E-state index in [1.807, 2.05) is 6.92 Å². The number of carbonyl (C=O) groups excluding carboxylic acids is 1. The molecule has 7 heteroatoms. The van der Waals surface area contributed by atoms with E-state index in [4.69, 9.17) is 18.9 Å². The van der Waals surface area contributed by atoms with E-state index in [0.29, 0.717) is 53.4 Å². The van der Waals surface area contributed by atoms with Crippen molar-refractivity contribution in [3.8, 4) is 11.5 Å². The minimum Gasteiger partial charge on any atom is -0.496 e. The Morgan fingerprint density at radius 3 is 2.48 bits per heavy atom. The number of nitrogens with zero attached hydrogens (tertiary/aromatic N) is 1. The predicted molar refractivity (Wildman–Crippen MR) is 95.8 cm³/mol. The molecule has 0 aliphatic carbocycles. The van der Waals surface area contributed by atoms with Gasteiger partial charge in [-0.2, -0.15) is 0 Å². The Morgan fingerprint density at radius 2 is 1.84 bits per heavy atom. The molecule has 0 radical (unpaired) electrons. The maximum atomic E-state index is 12.3. The first-order valence-electron chi connectivity index (χ1n) is 8.20. The topological polar surface area (TPSA) is 78.9 Å². The average Bonchev–Trinajstić information content (AvgIpc) is 2.64. The maximum Gasteiger partial charge on any atom is 0.341 e. The smallest absolute Gasteiger partial charge is 0.341 e. The summed E-state index contributed by atoms with van der Waals surface area (Å²) in [6.07, 6.45) is 1.49. The normalized spacial score (nSPS) is 10.6. The molecule has 0 aliphatic rings. The van der Waals surface area contributed by atoms with Gasteiger partial charge in [-0.15, -0.1) is 0 Å². The molecule has 0 amide bonds. The number of hydrogen-bond acceptors (Lipinski definition) is 7. The van der Waals surface area contributed by atoms with Gasteiger partial charge in [-0.05, 0) is 26.0 Å². The Hall–Kier alpha value is -2.54. The molecule has 0 spiro atoms. The zero-order valence-corrected chi connectivity index (χ0v) is 15.0. The molecule has 0 unspecified atom stereocenters. The van der Waals surface area contributed by atoms with E-state index in [-0.39, 0.29) is 6.61 Å². The second kappa shape index (κ2) is 9.08. The van der Waals surface area contributed by atoms with Crippen molar-refractivity contribution in [3.05, 3.63) is 23.9 Å². The van der Waals surface area contributed by atoms with Crippen molar-refractivity contribution in [2.24, 2.45) is 0 Å². The number of rotatable bonds is 9. The van der Waals surface area contributed by atoms with Crippen LogP contribution < -0.4 is 14.8 Å². The second-order valence-electron chi connectivity index (χ2n) is 5.08. The van der Waals surface area contributed by atoms with Crippen LogP contribution in [0.5, 0.6) is 11.5 Å². The number of hydrogen-bond donors (Lipinski definition) is 1. The van der Waals surface area contributed by atoms with E-state index < -0.39 is 5.97 Å². The lowest BCUT2D eigenvalue weighted by atomic mass is 10.1. The molecule has 2 rings (SSSR count). The molecule has 0 bridgehead atoms. The first kappa shape index (κ1) is 18.8. The van der Waals surface area contributed by atoms with Crippen molar-refractivity contribution in [1.82, 2.24) is 4.98 Å². The van der Waals surface area contributed by atoms with Crippen molar-refractivity contribution in [1.29, 1.82) is 0 Å². The molecule has 0 atom stereocenters. The molecule has 25 heavy (non-hydrogen) atoms. The minimum atomic E-state index is -0.444. The monoisotopic (exact) mass is 348 g/mol. The van der Waals surface area contributed by atoms with Gasteiger partial charge in [0.15, 0.2) is 0 Å². The lowest BCUT2D eigenvalue weighted by Crippen LogP contribution is -2.15. The van der Waals surface area contributed by atoms with E-state index in [1.54, 1.807) is 33.3 Å². The van der Waals surface area contributed by atoms with E-state index >= 15 is 0 Å². The van der Waals surface area contributed by atoms with Crippen molar-refractivity contribution >= 4 is 22.6 Å². The van der Waals surface area contributed by atoms with Crippen LogP contribution >= 0.6 is 0 Å². The molecule has 1 aromatic carbocycles. The van der Waals surface area contributed by atoms with E-state index in [0.717, 1.165) is 0 Å². The van der Waals surface area contributed by atoms with Gasteiger partial charge in [-0.3, -0.25) is 4.98 Å². The average molecular weight is 348 g/mol. The van der Waals surface area contributed by atoms with Gasteiger partial charge in [0.2, 0.25) is 0 Å². The van der Waals surface area contributed by atoms with Crippen LogP contribution in [0.1, 0.15) is 24.2 Å². The number of fused-ring (bicyclic) bond motifs is 1. The lowest BCUT2D eigenvalue weighted by Gasteiger charge is -2.17. The summed E-state index contributed by atoms with van der Waals surface area (Å²) in [4.78, 5) is 16.7. The van der Waals surface area contributed by atoms with Crippen LogP contribution in [0.15, 0.2) is 18.3 Å². The summed E-state index contributed by atoms with van der Waals surface area (Å²) >= 11 is 0. The standard InChI is InChI=1S/C18H24N2O5/c1-5-24-10-9-19-16-12(18(21)25-6-2)11-20-17-14(23-4)8-7-13(22-3)15(16)17/h7-8,11H,5-6,9-10H2,1-4H3,(H,19,20). The zero-order valence-electron chi connectivity index (χ0n) is 15.0. The summed E-state index contributed by atoms with van der Waals surface area (Å²) in [5, 5.41) is 3.93. The Labute approximate surface area is 147 Å².